The van der Waals surface area contributed by atoms with E-state index in [0.717, 1.165) is 0 Å². The lowest BCUT2D eigenvalue weighted by molar-refractivity contribution is 0.317. The molecule has 1 aliphatic rings. The van der Waals surface area contributed by atoms with E-state index in [1.807, 2.05) is 6.07 Å². The third-order valence-electron chi connectivity index (χ3n) is 6.05. The van der Waals surface area contributed by atoms with E-state index in [1.165, 1.54) is 16.9 Å². The van der Waals surface area contributed by atoms with Gasteiger partial charge in [0.2, 0.25) is 0 Å². The summed E-state index contributed by atoms with van der Waals surface area (Å²) in [5.41, 5.74) is 5.42. The summed E-state index contributed by atoms with van der Waals surface area (Å²) in [6.45, 7) is 0.0973. The van der Waals surface area contributed by atoms with E-state index in [-0.39, 0.29) is 52.4 Å². The number of alkyl halides is 1. The van der Waals surface area contributed by atoms with Gasteiger partial charge in [-0.05, 0) is 36.6 Å². The van der Waals surface area contributed by atoms with E-state index in [1.54, 1.807) is 25.2 Å². The Hall–Kier alpha value is -3.61. The number of H-pyrrole nitrogens is 1. The van der Waals surface area contributed by atoms with Crippen LogP contribution in [0, 0.1) is 17.1 Å². The number of nitrogens with zero attached hydrogens (tertiary/aromatic N) is 4. The van der Waals surface area contributed by atoms with Crippen LogP contribution in [0.15, 0.2) is 35.3 Å². The van der Waals surface area contributed by atoms with Crippen LogP contribution in [0.25, 0.3) is 33.2 Å². The van der Waals surface area contributed by atoms with Crippen molar-refractivity contribution in [3.05, 3.63) is 68.5 Å². The fourth-order valence-corrected chi connectivity index (χ4v) is 4.39. The molecule has 7 nitrogen and oxygen atoms in total. The molecule has 5 rings (SSSR count). The number of aromatic amines is 1. The highest BCUT2D eigenvalue weighted by Crippen LogP contribution is 2.53. The third kappa shape index (κ3) is 3.22. The first-order valence-corrected chi connectivity index (χ1v) is 10.5. The first-order chi connectivity index (χ1) is 15.8. The third-order valence-corrected chi connectivity index (χ3v) is 6.33. The molecule has 0 aliphatic heterocycles. The molecule has 1 fully saturated rings. The van der Waals surface area contributed by atoms with Crippen LogP contribution in [-0.2, 0) is 19.3 Å². The van der Waals surface area contributed by atoms with E-state index in [0.29, 0.717) is 27.6 Å². The van der Waals surface area contributed by atoms with Crippen LogP contribution in [0.4, 0.5) is 8.78 Å². The number of benzene rings is 2. The van der Waals surface area contributed by atoms with Gasteiger partial charge in [-0.15, -0.1) is 0 Å². The van der Waals surface area contributed by atoms with Crippen LogP contribution >= 0.6 is 11.6 Å². The Labute approximate surface area is 191 Å². The number of aryl methyl sites for hydroxylation is 1. The Morgan fingerprint density at radius 1 is 1.33 bits per heavy atom. The second kappa shape index (κ2) is 7.47. The zero-order valence-electron chi connectivity index (χ0n) is 17.4. The average molecular weight is 467 g/mol. The van der Waals surface area contributed by atoms with Crippen LogP contribution in [0.5, 0.6) is 0 Å². The molecule has 1 saturated carbocycles. The Balaban J connectivity index is 1.81. The van der Waals surface area contributed by atoms with Crippen molar-refractivity contribution in [2.24, 2.45) is 12.8 Å². The molecule has 0 radical (unpaired) electrons. The van der Waals surface area contributed by atoms with Crippen LogP contribution in [-0.4, -0.2) is 20.0 Å². The molecule has 0 saturated heterocycles. The number of hydrogen-bond donors (Lipinski definition) is 2. The molecule has 2 aromatic carbocycles. The molecule has 0 spiro atoms. The molecule has 4 aromatic rings. The average Bonchev–Trinajstić information content (AvgIpc) is 3.45. The zero-order valence-corrected chi connectivity index (χ0v) is 18.2. The summed E-state index contributed by atoms with van der Waals surface area (Å²) in [4.78, 5) is 12.2. The SMILES string of the molecule is Cn1ncc(-c2ccc3c(=O)[nH]nc(CN)c3c2)c1-c1c(F)c(Cl)cc(C2(F)CC2)c1C#N. The monoisotopic (exact) mass is 466 g/mol. The molecule has 2 aromatic heterocycles. The summed E-state index contributed by atoms with van der Waals surface area (Å²) < 4.78 is 31.8. The number of nitrogens with two attached hydrogens (primary N) is 1. The van der Waals surface area contributed by atoms with Gasteiger partial charge < -0.3 is 5.73 Å². The van der Waals surface area contributed by atoms with Gasteiger partial charge in [-0.2, -0.15) is 15.5 Å². The topological polar surface area (TPSA) is 113 Å². The number of rotatable bonds is 4. The van der Waals surface area contributed by atoms with Crippen molar-refractivity contribution in [2.45, 2.75) is 25.1 Å². The van der Waals surface area contributed by atoms with Crippen LogP contribution < -0.4 is 11.3 Å². The first-order valence-electron chi connectivity index (χ1n) is 10.1. The second-order valence-corrected chi connectivity index (χ2v) is 8.45. The predicted octanol–water partition coefficient (Wildman–Crippen LogP) is 4.07. The lowest BCUT2D eigenvalue weighted by Gasteiger charge is -2.16. The van der Waals surface area contributed by atoms with Crippen molar-refractivity contribution in [3.8, 4) is 28.5 Å². The van der Waals surface area contributed by atoms with Crippen LogP contribution in [0.2, 0.25) is 5.02 Å². The fourth-order valence-electron chi connectivity index (χ4n) is 4.19. The van der Waals surface area contributed by atoms with Gasteiger partial charge in [-0.25, -0.2) is 13.9 Å². The van der Waals surface area contributed by atoms with E-state index >= 15 is 8.78 Å². The Kier molecular flexibility index (Phi) is 4.81. The maximum absolute atomic E-state index is 15.4. The number of fused-ring (bicyclic) bond motifs is 1. The van der Waals surface area contributed by atoms with Gasteiger partial charge in [-0.1, -0.05) is 17.7 Å². The fraction of sp³-hybridized carbons (Fsp3) is 0.217. The number of nitrogens with one attached hydrogen (secondary N) is 1. The standard InChI is InChI=1S/C23H17ClF2N6O/c1-32-21(19-14(8-27)16(23(26)4-5-23)7-17(24)20(19)25)15(10-29-32)11-2-3-12-13(6-11)18(9-28)30-31-22(12)33/h2-3,6-7,10H,4-5,9,28H2,1H3,(H,31,33). The van der Waals surface area contributed by atoms with Gasteiger partial charge in [-0.3, -0.25) is 9.48 Å². The van der Waals surface area contributed by atoms with Crippen molar-refractivity contribution in [1.82, 2.24) is 20.0 Å². The van der Waals surface area contributed by atoms with E-state index in [9.17, 15) is 10.1 Å². The van der Waals surface area contributed by atoms with E-state index in [4.69, 9.17) is 17.3 Å². The number of halogens is 3. The summed E-state index contributed by atoms with van der Waals surface area (Å²) in [6.07, 6.45) is 2.01. The molecule has 2 heterocycles. The van der Waals surface area contributed by atoms with Gasteiger partial charge in [0.05, 0.1) is 39.1 Å². The van der Waals surface area contributed by atoms with Crippen LogP contribution in [0.3, 0.4) is 0 Å². The summed E-state index contributed by atoms with van der Waals surface area (Å²) in [5, 5.41) is 21.2. The summed E-state index contributed by atoms with van der Waals surface area (Å²) >= 11 is 6.14. The number of aromatic nitrogens is 4. The van der Waals surface area contributed by atoms with Gasteiger partial charge in [0, 0.05) is 30.1 Å². The molecule has 3 N–H and O–H groups in total. The smallest absolute Gasteiger partial charge is 0.272 e. The second-order valence-electron chi connectivity index (χ2n) is 8.04. The highest BCUT2D eigenvalue weighted by atomic mass is 35.5. The van der Waals surface area contributed by atoms with Gasteiger partial charge in [0.1, 0.15) is 11.7 Å². The molecule has 33 heavy (non-hydrogen) atoms. The zero-order chi connectivity index (χ0) is 23.5. The lowest BCUT2D eigenvalue weighted by atomic mass is 9.91. The van der Waals surface area contributed by atoms with Crippen molar-refractivity contribution in [1.29, 1.82) is 5.26 Å². The quantitative estimate of drug-likeness (QED) is 0.470. The molecular formula is C23H17ClF2N6O. The number of nitriles is 1. The van der Waals surface area contributed by atoms with E-state index in [2.05, 4.69) is 15.3 Å². The van der Waals surface area contributed by atoms with Crippen molar-refractivity contribution in [2.75, 3.05) is 0 Å². The van der Waals surface area contributed by atoms with Gasteiger partial charge in [0.15, 0.2) is 5.82 Å². The Bertz CT molecular complexity index is 1550. The molecule has 1 aliphatic carbocycles. The van der Waals surface area contributed by atoms with Crippen LogP contribution in [0.1, 0.15) is 29.7 Å². The molecule has 0 unspecified atom stereocenters. The van der Waals surface area contributed by atoms with E-state index < -0.39 is 11.5 Å². The summed E-state index contributed by atoms with van der Waals surface area (Å²) in [7, 11) is 1.60. The Morgan fingerprint density at radius 2 is 2.09 bits per heavy atom. The van der Waals surface area contributed by atoms with Crippen molar-refractivity contribution >= 4 is 22.4 Å². The molecule has 10 heteroatoms. The molecule has 0 amide bonds. The Morgan fingerprint density at radius 3 is 2.76 bits per heavy atom. The largest absolute Gasteiger partial charge is 0.325 e. The summed E-state index contributed by atoms with van der Waals surface area (Å²) in [5.74, 6) is -0.826. The minimum atomic E-state index is -1.69. The molecule has 0 atom stereocenters. The minimum absolute atomic E-state index is 0.0817. The van der Waals surface area contributed by atoms with Crippen molar-refractivity contribution < 1.29 is 8.78 Å². The lowest BCUT2D eigenvalue weighted by Crippen LogP contribution is -2.13. The maximum atomic E-state index is 15.4. The molecule has 0 bridgehead atoms. The highest BCUT2D eigenvalue weighted by Gasteiger charge is 2.48. The first kappa shape index (κ1) is 21.2. The maximum Gasteiger partial charge on any atom is 0.272 e. The van der Waals surface area contributed by atoms with Crippen molar-refractivity contribution in [3.63, 3.8) is 0 Å². The number of hydrogen-bond acceptors (Lipinski definition) is 5. The normalized spacial score (nSPS) is 14.4. The summed E-state index contributed by atoms with van der Waals surface area (Å²) in [6, 6.07) is 8.19. The molecule has 166 valence electrons. The highest BCUT2D eigenvalue weighted by molar-refractivity contribution is 6.31. The minimum Gasteiger partial charge on any atom is -0.325 e. The molecular weight excluding hydrogens is 450 g/mol. The van der Waals surface area contributed by atoms with Gasteiger partial charge >= 0.3 is 0 Å². The van der Waals surface area contributed by atoms with Gasteiger partial charge in [0.25, 0.3) is 5.56 Å². The predicted molar refractivity (Wildman–Crippen MR) is 120 cm³/mol.